The van der Waals surface area contributed by atoms with Crippen molar-refractivity contribution in [2.45, 2.75) is 59.3 Å². The number of hydrogen-bond donors (Lipinski definition) is 0. The molecule has 0 radical (unpaired) electrons. The zero-order chi connectivity index (χ0) is 41.8. The van der Waals surface area contributed by atoms with E-state index in [2.05, 4.69) is 228 Å². The van der Waals surface area contributed by atoms with Crippen LogP contribution in [0.3, 0.4) is 0 Å². The fraction of sp³-hybridized carbons (Fsp3) is 0.158. The van der Waals surface area contributed by atoms with Gasteiger partial charge in [0.2, 0.25) is 0 Å². The normalized spacial score (nSPS) is 15.1. The molecule has 0 amide bonds. The first-order valence-electron chi connectivity index (χ1n) is 21.6. The summed E-state index contributed by atoms with van der Waals surface area (Å²) in [4.78, 5) is 4.92. The van der Waals surface area contributed by atoms with Gasteiger partial charge in [-0.3, -0.25) is 0 Å². The number of aryl methyl sites for hydroxylation is 3. The minimum atomic E-state index is -0.241. The lowest BCUT2D eigenvalue weighted by Crippen LogP contribution is -2.52. The molecule has 0 unspecified atom stereocenters. The molecule has 0 spiro atoms. The first-order valence-corrected chi connectivity index (χ1v) is 21.6. The molecule has 0 atom stereocenters. The third-order valence-corrected chi connectivity index (χ3v) is 13.8. The van der Waals surface area contributed by atoms with E-state index < -0.39 is 0 Å². The molecule has 3 aliphatic heterocycles. The van der Waals surface area contributed by atoms with E-state index in [1.54, 1.807) is 0 Å². The highest BCUT2D eigenvalue weighted by atomic mass is 16.4. The van der Waals surface area contributed by atoms with E-state index in [4.69, 9.17) is 4.65 Å². The van der Waals surface area contributed by atoms with Crippen LogP contribution in [0.1, 0.15) is 66.6 Å². The van der Waals surface area contributed by atoms with Gasteiger partial charge in [0, 0.05) is 27.8 Å². The Labute approximate surface area is 361 Å². The van der Waals surface area contributed by atoms with Crippen LogP contribution in [-0.2, 0) is 10.8 Å². The molecule has 0 aromatic heterocycles. The van der Waals surface area contributed by atoms with Gasteiger partial charge >= 0.3 is 6.92 Å². The highest BCUT2D eigenvalue weighted by Crippen LogP contribution is 2.55. The summed E-state index contributed by atoms with van der Waals surface area (Å²) >= 11 is 0. The van der Waals surface area contributed by atoms with Crippen LogP contribution in [0.15, 0.2) is 170 Å². The van der Waals surface area contributed by atoms with Gasteiger partial charge in [0.15, 0.2) is 0 Å². The van der Waals surface area contributed by atoms with Crippen LogP contribution < -0.4 is 25.4 Å². The third kappa shape index (κ3) is 5.65. The van der Waals surface area contributed by atoms with E-state index in [1.807, 2.05) is 0 Å². The van der Waals surface area contributed by atoms with Crippen LogP contribution in [0.2, 0.25) is 0 Å². The number of benzene rings is 8. The Morgan fingerprint density at radius 2 is 0.934 bits per heavy atom. The number of hydrogen-bond acceptors (Lipinski definition) is 3. The molecular weight excluding hydrogens is 739 g/mol. The highest BCUT2D eigenvalue weighted by Gasteiger charge is 2.40. The van der Waals surface area contributed by atoms with Crippen LogP contribution in [0.5, 0.6) is 5.75 Å². The lowest BCUT2D eigenvalue weighted by molar-refractivity contribution is 0.590. The van der Waals surface area contributed by atoms with Crippen LogP contribution in [-0.4, -0.2) is 6.92 Å². The first-order chi connectivity index (χ1) is 29.5. The maximum Gasteiger partial charge on any atom is 0.427 e. The van der Waals surface area contributed by atoms with Gasteiger partial charge in [-0.2, -0.15) is 0 Å². The number of anilines is 6. The summed E-state index contributed by atoms with van der Waals surface area (Å²) in [6.45, 7) is 15.9. The minimum Gasteiger partial charge on any atom is -0.551 e. The maximum absolute atomic E-state index is 6.90. The van der Waals surface area contributed by atoms with Gasteiger partial charge < -0.3 is 14.5 Å². The highest BCUT2D eigenvalue weighted by molar-refractivity contribution is 6.83. The first kappa shape index (κ1) is 37.2. The van der Waals surface area contributed by atoms with E-state index in [0.717, 1.165) is 17.0 Å². The van der Waals surface area contributed by atoms with Gasteiger partial charge in [0.25, 0.3) is 0 Å². The van der Waals surface area contributed by atoms with Crippen molar-refractivity contribution in [3.63, 3.8) is 0 Å². The summed E-state index contributed by atoms with van der Waals surface area (Å²) in [5.74, 6) is 0.922. The molecule has 8 aromatic carbocycles. The Hall–Kier alpha value is -6.78. The molecule has 3 heterocycles. The van der Waals surface area contributed by atoms with Crippen molar-refractivity contribution < 1.29 is 4.65 Å². The zero-order valence-electron chi connectivity index (χ0n) is 36.0. The molecule has 11 rings (SSSR count). The van der Waals surface area contributed by atoms with Crippen LogP contribution in [0, 0.1) is 20.8 Å². The molecule has 61 heavy (non-hydrogen) atoms. The van der Waals surface area contributed by atoms with E-state index in [1.165, 1.54) is 95.0 Å². The molecular formula is C57H49BN2O. The van der Waals surface area contributed by atoms with Crippen molar-refractivity contribution in [2.75, 3.05) is 9.80 Å². The van der Waals surface area contributed by atoms with E-state index >= 15 is 0 Å². The van der Waals surface area contributed by atoms with Gasteiger partial charge in [-0.25, -0.2) is 0 Å². The molecule has 0 aliphatic carbocycles. The second-order valence-corrected chi connectivity index (χ2v) is 18.3. The summed E-state index contributed by atoms with van der Waals surface area (Å²) in [5, 5.41) is 0. The number of para-hydroxylation sites is 4. The standard InChI is InChI=1S/C57H49BN2O/c1-36-31-37(2)55(38(3)32-36)58-49-28-27-42(35-44(49)43-19-11-16-24-54(43)61-58)60-51-23-15-13-21-46(51)57(6,7)48-34-40(26-30-53(48)60)39-25-29-52-47(33-39)56(4,5)45-20-12-14-22-50(45)59(52)41-17-9-8-10-18-41/h8-35H,1-7H3. The average molecular weight is 789 g/mol. The fourth-order valence-electron chi connectivity index (χ4n) is 10.8. The largest absolute Gasteiger partial charge is 0.551 e. The maximum atomic E-state index is 6.90. The smallest absolute Gasteiger partial charge is 0.427 e. The second kappa shape index (κ2) is 13.6. The Morgan fingerprint density at radius 3 is 1.54 bits per heavy atom. The Morgan fingerprint density at radius 1 is 0.426 bits per heavy atom. The Bertz CT molecular complexity index is 3050. The molecule has 3 nitrogen and oxygen atoms in total. The van der Waals surface area contributed by atoms with Crippen molar-refractivity contribution in [2.24, 2.45) is 0 Å². The quantitative estimate of drug-likeness (QED) is 0.165. The zero-order valence-corrected chi connectivity index (χ0v) is 36.0. The predicted molar refractivity (Wildman–Crippen MR) is 257 cm³/mol. The predicted octanol–water partition coefficient (Wildman–Crippen LogP) is 13.7. The van der Waals surface area contributed by atoms with Gasteiger partial charge in [0.05, 0.1) is 22.7 Å². The van der Waals surface area contributed by atoms with E-state index in [-0.39, 0.29) is 17.7 Å². The van der Waals surface area contributed by atoms with Crippen molar-refractivity contribution in [3.05, 3.63) is 209 Å². The molecule has 4 heteroatoms. The number of fused-ring (bicyclic) bond motifs is 7. The van der Waals surface area contributed by atoms with Crippen molar-refractivity contribution in [1.82, 2.24) is 0 Å². The molecule has 8 aromatic rings. The van der Waals surface area contributed by atoms with E-state index in [0.29, 0.717) is 0 Å². The molecule has 0 fully saturated rings. The summed E-state index contributed by atoms with van der Waals surface area (Å²) in [7, 11) is 0. The third-order valence-electron chi connectivity index (χ3n) is 13.8. The molecule has 296 valence electrons. The second-order valence-electron chi connectivity index (χ2n) is 18.3. The molecule has 0 saturated carbocycles. The molecule has 0 saturated heterocycles. The van der Waals surface area contributed by atoms with Crippen molar-refractivity contribution in [3.8, 4) is 28.0 Å². The molecule has 3 aliphatic rings. The van der Waals surface area contributed by atoms with Crippen LogP contribution >= 0.6 is 0 Å². The summed E-state index contributed by atoms with van der Waals surface area (Å²) in [6, 6.07) is 63.0. The van der Waals surface area contributed by atoms with Gasteiger partial charge in [-0.05, 0) is 137 Å². The molecule has 0 bridgehead atoms. The lowest BCUT2D eigenvalue weighted by atomic mass is 9.50. The van der Waals surface area contributed by atoms with Crippen LogP contribution in [0.4, 0.5) is 34.1 Å². The van der Waals surface area contributed by atoms with Gasteiger partial charge in [-0.1, -0.05) is 148 Å². The lowest BCUT2D eigenvalue weighted by Gasteiger charge is -2.43. The van der Waals surface area contributed by atoms with Gasteiger partial charge in [0.1, 0.15) is 5.75 Å². The number of rotatable bonds is 4. The minimum absolute atomic E-state index is 0.192. The molecule has 0 N–H and O–H groups in total. The SMILES string of the molecule is Cc1cc(C)c(B2Oc3ccccc3-c3cc(N4c5ccccc5C(C)(C)c5cc(-c6ccc7c(c6)C(C)(C)c6ccccc6N7c6ccccc6)ccc54)ccc32)c(C)c1. The fourth-order valence-corrected chi connectivity index (χ4v) is 10.8. The number of nitrogens with zero attached hydrogens (tertiary/aromatic N) is 2. The summed E-state index contributed by atoms with van der Waals surface area (Å²) in [6.07, 6.45) is 0. The summed E-state index contributed by atoms with van der Waals surface area (Å²) < 4.78 is 6.90. The van der Waals surface area contributed by atoms with Crippen LogP contribution in [0.25, 0.3) is 22.3 Å². The van der Waals surface area contributed by atoms with Crippen molar-refractivity contribution in [1.29, 1.82) is 0 Å². The monoisotopic (exact) mass is 788 g/mol. The Balaban J connectivity index is 1.06. The van der Waals surface area contributed by atoms with Crippen molar-refractivity contribution >= 4 is 52.0 Å². The van der Waals surface area contributed by atoms with E-state index in [9.17, 15) is 0 Å². The Kier molecular flexibility index (Phi) is 8.32. The summed E-state index contributed by atoms with van der Waals surface area (Å²) in [5.41, 5.74) is 23.1. The van der Waals surface area contributed by atoms with Gasteiger partial charge in [-0.15, -0.1) is 0 Å². The topological polar surface area (TPSA) is 15.7 Å². The average Bonchev–Trinajstić information content (AvgIpc) is 3.26.